The van der Waals surface area contributed by atoms with E-state index in [2.05, 4.69) is 10.3 Å². The first-order valence-corrected chi connectivity index (χ1v) is 7.86. The van der Waals surface area contributed by atoms with E-state index < -0.39 is 6.10 Å². The first-order valence-electron chi connectivity index (χ1n) is 7.86. The zero-order valence-corrected chi connectivity index (χ0v) is 13.8. The molecular formula is C19H22N2O3. The summed E-state index contributed by atoms with van der Waals surface area (Å²) in [7, 11) is 0. The standard InChI is InChI=1S/C19H22N2O3/c1-14(2)24-17-8-5-6-15(12-17)18(22)13-21-19(23)10-9-16-7-3-4-11-20-16/h3-12,14,18,22H,13H2,1-2H3,(H,21,23)/b10-9+. The predicted molar refractivity (Wildman–Crippen MR) is 93.4 cm³/mol. The number of nitrogens with one attached hydrogen (secondary N) is 1. The number of ether oxygens (including phenoxy) is 1. The quantitative estimate of drug-likeness (QED) is 0.768. The highest BCUT2D eigenvalue weighted by atomic mass is 16.5. The maximum atomic E-state index is 11.8. The van der Waals surface area contributed by atoms with E-state index in [0.717, 1.165) is 0 Å². The molecule has 1 aromatic heterocycles. The van der Waals surface area contributed by atoms with Crippen LogP contribution in [-0.4, -0.2) is 28.6 Å². The zero-order valence-electron chi connectivity index (χ0n) is 13.8. The zero-order chi connectivity index (χ0) is 17.4. The lowest BCUT2D eigenvalue weighted by atomic mass is 10.1. The number of pyridine rings is 1. The molecule has 5 heteroatoms. The van der Waals surface area contributed by atoms with Gasteiger partial charge >= 0.3 is 0 Å². The third-order valence-corrected chi connectivity index (χ3v) is 3.18. The summed E-state index contributed by atoms with van der Waals surface area (Å²) in [4.78, 5) is 15.9. The van der Waals surface area contributed by atoms with Gasteiger partial charge in [-0.1, -0.05) is 18.2 Å². The van der Waals surface area contributed by atoms with Crippen molar-refractivity contribution in [2.45, 2.75) is 26.1 Å². The minimum Gasteiger partial charge on any atom is -0.491 e. The highest BCUT2D eigenvalue weighted by molar-refractivity contribution is 5.91. The molecule has 0 saturated carbocycles. The normalized spacial score (nSPS) is 12.3. The lowest BCUT2D eigenvalue weighted by Gasteiger charge is -2.14. The summed E-state index contributed by atoms with van der Waals surface area (Å²) in [5, 5.41) is 12.9. The van der Waals surface area contributed by atoms with Crippen LogP contribution in [0.5, 0.6) is 5.75 Å². The van der Waals surface area contributed by atoms with Gasteiger partial charge in [-0.25, -0.2) is 0 Å². The maximum absolute atomic E-state index is 11.8. The van der Waals surface area contributed by atoms with Crippen LogP contribution in [0.1, 0.15) is 31.2 Å². The fourth-order valence-corrected chi connectivity index (χ4v) is 2.08. The van der Waals surface area contributed by atoms with Crippen LogP contribution in [-0.2, 0) is 4.79 Å². The van der Waals surface area contributed by atoms with Crippen LogP contribution in [0.3, 0.4) is 0 Å². The molecule has 0 aliphatic heterocycles. The SMILES string of the molecule is CC(C)Oc1cccc(C(O)CNC(=O)/C=C/c2ccccn2)c1. The summed E-state index contributed by atoms with van der Waals surface area (Å²) in [6, 6.07) is 12.7. The van der Waals surface area contributed by atoms with Crippen LogP contribution in [0.15, 0.2) is 54.7 Å². The van der Waals surface area contributed by atoms with Crippen LogP contribution >= 0.6 is 0 Å². The average molecular weight is 326 g/mol. The van der Waals surface area contributed by atoms with Crippen molar-refractivity contribution in [1.29, 1.82) is 0 Å². The van der Waals surface area contributed by atoms with Crippen molar-refractivity contribution in [1.82, 2.24) is 10.3 Å². The number of hydrogen-bond acceptors (Lipinski definition) is 4. The minimum absolute atomic E-state index is 0.0637. The van der Waals surface area contributed by atoms with Crippen molar-refractivity contribution in [3.63, 3.8) is 0 Å². The van der Waals surface area contributed by atoms with Gasteiger partial charge < -0.3 is 15.2 Å². The number of aliphatic hydroxyl groups excluding tert-OH is 1. The second-order valence-electron chi connectivity index (χ2n) is 5.59. The lowest BCUT2D eigenvalue weighted by Crippen LogP contribution is -2.26. The van der Waals surface area contributed by atoms with E-state index >= 15 is 0 Å². The summed E-state index contributed by atoms with van der Waals surface area (Å²) in [5.74, 6) is 0.414. The van der Waals surface area contributed by atoms with Gasteiger partial charge in [-0.3, -0.25) is 9.78 Å². The number of carbonyl (C=O) groups is 1. The molecule has 0 aliphatic rings. The van der Waals surface area contributed by atoms with E-state index in [4.69, 9.17) is 4.74 Å². The summed E-state index contributed by atoms with van der Waals surface area (Å²) in [5.41, 5.74) is 1.40. The number of hydrogen-bond donors (Lipinski definition) is 2. The Kier molecular flexibility index (Phi) is 6.51. The van der Waals surface area contributed by atoms with Crippen molar-refractivity contribution in [2.24, 2.45) is 0 Å². The molecule has 0 fully saturated rings. The van der Waals surface area contributed by atoms with E-state index in [-0.39, 0.29) is 18.6 Å². The fourth-order valence-electron chi connectivity index (χ4n) is 2.08. The third-order valence-electron chi connectivity index (χ3n) is 3.18. The number of aliphatic hydroxyl groups is 1. The molecule has 0 bridgehead atoms. The number of rotatable bonds is 7. The molecule has 1 amide bonds. The molecule has 1 heterocycles. The summed E-state index contributed by atoms with van der Waals surface area (Å²) < 4.78 is 5.60. The van der Waals surface area contributed by atoms with Gasteiger partial charge in [0.05, 0.1) is 17.9 Å². The first kappa shape index (κ1) is 17.7. The molecule has 126 valence electrons. The van der Waals surface area contributed by atoms with Crippen molar-refractivity contribution in [3.05, 3.63) is 66.0 Å². The molecule has 2 rings (SSSR count). The van der Waals surface area contributed by atoms with E-state index in [0.29, 0.717) is 17.0 Å². The van der Waals surface area contributed by atoms with Crippen LogP contribution in [0.25, 0.3) is 6.08 Å². The Bertz CT molecular complexity index is 684. The topological polar surface area (TPSA) is 71.5 Å². The molecule has 1 unspecified atom stereocenters. The highest BCUT2D eigenvalue weighted by Crippen LogP contribution is 2.19. The highest BCUT2D eigenvalue weighted by Gasteiger charge is 2.10. The van der Waals surface area contributed by atoms with Gasteiger partial charge in [0, 0.05) is 18.8 Å². The fraction of sp³-hybridized carbons (Fsp3) is 0.263. The van der Waals surface area contributed by atoms with Gasteiger partial charge in [0.15, 0.2) is 0 Å². The monoisotopic (exact) mass is 326 g/mol. The third kappa shape index (κ3) is 5.85. The van der Waals surface area contributed by atoms with Gasteiger partial charge in [-0.2, -0.15) is 0 Å². The second kappa shape index (κ2) is 8.84. The van der Waals surface area contributed by atoms with E-state index in [1.807, 2.05) is 38.1 Å². The summed E-state index contributed by atoms with van der Waals surface area (Å²) >= 11 is 0. The molecule has 5 nitrogen and oxygen atoms in total. The number of carbonyl (C=O) groups excluding carboxylic acids is 1. The summed E-state index contributed by atoms with van der Waals surface area (Å²) in [6.07, 6.45) is 3.95. The maximum Gasteiger partial charge on any atom is 0.244 e. The molecular weight excluding hydrogens is 304 g/mol. The predicted octanol–water partition coefficient (Wildman–Crippen LogP) is 2.73. The molecule has 2 aromatic rings. The smallest absolute Gasteiger partial charge is 0.244 e. The van der Waals surface area contributed by atoms with Crippen LogP contribution < -0.4 is 10.1 Å². The Morgan fingerprint density at radius 1 is 1.29 bits per heavy atom. The molecule has 2 N–H and O–H groups in total. The Morgan fingerprint density at radius 3 is 2.83 bits per heavy atom. The van der Waals surface area contributed by atoms with Crippen molar-refractivity contribution >= 4 is 12.0 Å². The van der Waals surface area contributed by atoms with E-state index in [1.54, 1.807) is 30.5 Å². The van der Waals surface area contributed by atoms with Gasteiger partial charge in [-0.05, 0) is 49.8 Å². The first-order chi connectivity index (χ1) is 11.5. The number of benzene rings is 1. The second-order valence-corrected chi connectivity index (χ2v) is 5.59. The van der Waals surface area contributed by atoms with Crippen molar-refractivity contribution < 1.29 is 14.6 Å². The Balaban J connectivity index is 1.87. The number of amides is 1. The van der Waals surface area contributed by atoms with E-state index in [9.17, 15) is 9.90 Å². The molecule has 1 atom stereocenters. The number of aromatic nitrogens is 1. The average Bonchev–Trinajstić information content (AvgIpc) is 2.58. The van der Waals surface area contributed by atoms with Gasteiger partial charge in [0.1, 0.15) is 5.75 Å². The van der Waals surface area contributed by atoms with Crippen molar-refractivity contribution in [2.75, 3.05) is 6.54 Å². The van der Waals surface area contributed by atoms with Crippen LogP contribution in [0.2, 0.25) is 0 Å². The molecule has 24 heavy (non-hydrogen) atoms. The number of nitrogens with zero attached hydrogens (tertiary/aromatic N) is 1. The molecule has 0 aliphatic carbocycles. The van der Waals surface area contributed by atoms with E-state index in [1.165, 1.54) is 6.08 Å². The molecule has 0 saturated heterocycles. The van der Waals surface area contributed by atoms with Crippen LogP contribution in [0, 0.1) is 0 Å². The molecule has 0 radical (unpaired) electrons. The molecule has 1 aromatic carbocycles. The summed E-state index contributed by atoms with van der Waals surface area (Å²) in [6.45, 7) is 4.00. The van der Waals surface area contributed by atoms with Crippen molar-refractivity contribution in [3.8, 4) is 5.75 Å². The Labute approximate surface area is 142 Å². The minimum atomic E-state index is -0.798. The van der Waals surface area contributed by atoms with Gasteiger partial charge in [0.2, 0.25) is 5.91 Å². The Hall–Kier alpha value is -2.66. The largest absolute Gasteiger partial charge is 0.491 e. The van der Waals surface area contributed by atoms with Gasteiger partial charge in [-0.15, -0.1) is 0 Å². The molecule has 0 spiro atoms. The Morgan fingerprint density at radius 2 is 2.12 bits per heavy atom. The lowest BCUT2D eigenvalue weighted by molar-refractivity contribution is -0.116. The van der Waals surface area contributed by atoms with Gasteiger partial charge in [0.25, 0.3) is 0 Å². The van der Waals surface area contributed by atoms with Crippen LogP contribution in [0.4, 0.5) is 0 Å².